The number of halogens is 4. The molecule has 0 aliphatic heterocycles. The van der Waals surface area contributed by atoms with Crippen LogP contribution in [-0.4, -0.2) is 13.4 Å². The Labute approximate surface area is 98.8 Å². The molecule has 1 rings (SSSR count). The van der Waals surface area contributed by atoms with Crippen LogP contribution in [-0.2, 0) is 9.05 Å². The smallest absolute Gasteiger partial charge is 0.222 e. The van der Waals surface area contributed by atoms with Crippen LogP contribution < -0.4 is 0 Å². The molecule has 0 spiro atoms. The maximum Gasteiger partial charge on any atom is 0.278 e. The number of hydrogen-bond donors (Lipinski definition) is 0. The predicted molar refractivity (Wildman–Crippen MR) is 52.0 cm³/mol. The Morgan fingerprint density at radius 1 is 1.50 bits per heavy atom. The third kappa shape index (κ3) is 2.58. The summed E-state index contributed by atoms with van der Waals surface area (Å²) in [5.74, 6) is 0. The van der Waals surface area contributed by atoms with Gasteiger partial charge in [0.05, 0.1) is 5.56 Å². The van der Waals surface area contributed by atoms with Crippen molar-refractivity contribution < 1.29 is 17.2 Å². The first-order valence-electron chi connectivity index (χ1n) is 3.60. The van der Waals surface area contributed by atoms with Crippen molar-refractivity contribution in [2.45, 2.75) is 11.5 Å². The van der Waals surface area contributed by atoms with E-state index < -0.39 is 36.8 Å². The summed E-state index contributed by atoms with van der Waals surface area (Å²) >= 11 is 5.39. The normalized spacial score (nSPS) is 11.5. The zero-order chi connectivity index (χ0) is 12.5. The van der Waals surface area contributed by atoms with Crippen molar-refractivity contribution in [1.82, 2.24) is 4.98 Å². The summed E-state index contributed by atoms with van der Waals surface area (Å²) in [6.45, 7) is 0. The molecule has 0 amide bonds. The van der Waals surface area contributed by atoms with Crippen LogP contribution in [0.15, 0.2) is 11.1 Å². The van der Waals surface area contributed by atoms with Crippen LogP contribution in [0.5, 0.6) is 0 Å². The molecule has 1 aromatic rings. The molecular weight excluding hydrogens is 285 g/mol. The first kappa shape index (κ1) is 13.1. The number of alkyl halides is 2. The Balaban J connectivity index is 3.61. The van der Waals surface area contributed by atoms with E-state index in [9.17, 15) is 17.2 Å². The molecular formula is C7H2Cl2F2N2O2S. The van der Waals surface area contributed by atoms with Crippen molar-refractivity contribution in [3.63, 3.8) is 0 Å². The van der Waals surface area contributed by atoms with Crippen LogP contribution in [0.3, 0.4) is 0 Å². The van der Waals surface area contributed by atoms with E-state index in [-0.39, 0.29) is 0 Å². The molecule has 0 saturated carbocycles. The van der Waals surface area contributed by atoms with Crippen LogP contribution in [0.4, 0.5) is 8.78 Å². The van der Waals surface area contributed by atoms with Crippen molar-refractivity contribution in [2.24, 2.45) is 0 Å². The molecule has 0 radical (unpaired) electrons. The number of nitriles is 1. The molecule has 0 fully saturated rings. The summed E-state index contributed by atoms with van der Waals surface area (Å²) in [7, 11) is 0.654. The van der Waals surface area contributed by atoms with Gasteiger partial charge in [0, 0.05) is 16.2 Å². The van der Waals surface area contributed by atoms with E-state index in [0.29, 0.717) is 6.07 Å². The molecule has 0 N–H and O–H groups in total. The Bertz CT molecular complexity index is 568. The van der Waals surface area contributed by atoms with Crippen LogP contribution in [0.25, 0.3) is 0 Å². The van der Waals surface area contributed by atoms with Crippen molar-refractivity contribution in [3.8, 4) is 6.07 Å². The van der Waals surface area contributed by atoms with Crippen molar-refractivity contribution in [3.05, 3.63) is 22.3 Å². The van der Waals surface area contributed by atoms with Crippen LogP contribution >= 0.6 is 22.3 Å². The second-order valence-electron chi connectivity index (χ2n) is 2.57. The summed E-state index contributed by atoms with van der Waals surface area (Å²) in [4.78, 5) is 3.25. The van der Waals surface area contributed by atoms with E-state index in [1.54, 1.807) is 0 Å². The maximum absolute atomic E-state index is 12.5. The lowest BCUT2D eigenvalue weighted by Gasteiger charge is -2.05. The summed E-state index contributed by atoms with van der Waals surface area (Å²) in [5.41, 5.74) is -1.39. The lowest BCUT2D eigenvalue weighted by Crippen LogP contribution is -2.01. The standard InChI is InChI=1S/C7H2Cl2F2N2O2S/c8-6-4(2-12)3(7(10)11)1-5(13-6)16(9,14)15/h1,7H. The van der Waals surface area contributed by atoms with E-state index >= 15 is 0 Å². The lowest BCUT2D eigenvalue weighted by atomic mass is 10.1. The van der Waals surface area contributed by atoms with E-state index in [0.717, 1.165) is 0 Å². The molecule has 1 aromatic heterocycles. The highest BCUT2D eigenvalue weighted by Gasteiger charge is 2.22. The van der Waals surface area contributed by atoms with Gasteiger partial charge in [-0.3, -0.25) is 0 Å². The van der Waals surface area contributed by atoms with Crippen molar-refractivity contribution in [2.75, 3.05) is 0 Å². The number of rotatable bonds is 2. The fourth-order valence-corrected chi connectivity index (χ4v) is 1.91. The number of aromatic nitrogens is 1. The third-order valence-corrected chi connectivity index (χ3v) is 3.04. The molecule has 4 nitrogen and oxygen atoms in total. The van der Waals surface area contributed by atoms with Crippen LogP contribution in [0.1, 0.15) is 17.6 Å². The molecule has 0 saturated heterocycles. The molecule has 16 heavy (non-hydrogen) atoms. The minimum Gasteiger partial charge on any atom is -0.222 e. The highest BCUT2D eigenvalue weighted by atomic mass is 35.7. The van der Waals surface area contributed by atoms with Gasteiger partial charge in [0.25, 0.3) is 15.5 Å². The SMILES string of the molecule is N#Cc1c(C(F)F)cc(S(=O)(=O)Cl)nc1Cl. The average molecular weight is 287 g/mol. The zero-order valence-corrected chi connectivity index (χ0v) is 9.61. The van der Waals surface area contributed by atoms with E-state index in [2.05, 4.69) is 4.98 Å². The summed E-state index contributed by atoms with van der Waals surface area (Å²) in [6, 6.07) is 1.94. The molecule has 0 unspecified atom stereocenters. The fourth-order valence-electron chi connectivity index (χ4n) is 0.917. The van der Waals surface area contributed by atoms with Gasteiger partial charge in [-0.05, 0) is 6.07 Å². The van der Waals surface area contributed by atoms with Gasteiger partial charge in [-0.15, -0.1) is 0 Å². The summed E-state index contributed by atoms with van der Waals surface area (Å²) < 4.78 is 46.7. The van der Waals surface area contributed by atoms with Crippen molar-refractivity contribution in [1.29, 1.82) is 5.26 Å². The van der Waals surface area contributed by atoms with Gasteiger partial charge in [-0.25, -0.2) is 22.2 Å². The maximum atomic E-state index is 12.5. The second kappa shape index (κ2) is 4.49. The quantitative estimate of drug-likeness (QED) is 0.618. The predicted octanol–water partition coefficient (Wildman–Crippen LogP) is 2.47. The molecule has 0 aromatic carbocycles. The van der Waals surface area contributed by atoms with Gasteiger partial charge in [-0.1, -0.05) is 11.6 Å². The van der Waals surface area contributed by atoms with E-state index in [1.807, 2.05) is 0 Å². The monoisotopic (exact) mass is 286 g/mol. The summed E-state index contributed by atoms with van der Waals surface area (Å²) in [5, 5.41) is 7.11. The van der Waals surface area contributed by atoms with Gasteiger partial charge in [0.15, 0.2) is 5.03 Å². The first-order valence-corrected chi connectivity index (χ1v) is 6.29. The second-order valence-corrected chi connectivity index (χ2v) is 5.44. The van der Waals surface area contributed by atoms with Crippen molar-refractivity contribution >= 4 is 31.3 Å². The minimum absolute atomic E-state index is 0.525. The molecule has 0 aliphatic rings. The number of hydrogen-bond acceptors (Lipinski definition) is 4. The topological polar surface area (TPSA) is 70.8 Å². The molecule has 9 heteroatoms. The largest absolute Gasteiger partial charge is 0.278 e. The first-order chi connectivity index (χ1) is 7.27. The minimum atomic E-state index is -4.27. The lowest BCUT2D eigenvalue weighted by molar-refractivity contribution is 0.150. The number of pyridine rings is 1. The Hall–Kier alpha value is -0.970. The molecule has 0 atom stereocenters. The van der Waals surface area contributed by atoms with Gasteiger partial charge in [0.1, 0.15) is 11.2 Å². The highest BCUT2D eigenvalue weighted by molar-refractivity contribution is 8.13. The van der Waals surface area contributed by atoms with Crippen LogP contribution in [0.2, 0.25) is 5.15 Å². The average Bonchev–Trinajstić information content (AvgIpc) is 2.14. The Morgan fingerprint density at radius 2 is 2.06 bits per heavy atom. The van der Waals surface area contributed by atoms with Gasteiger partial charge in [0.2, 0.25) is 0 Å². The van der Waals surface area contributed by atoms with Gasteiger partial charge in [-0.2, -0.15) is 5.26 Å². The number of nitrogens with zero attached hydrogens (tertiary/aromatic N) is 2. The third-order valence-electron chi connectivity index (χ3n) is 1.58. The van der Waals surface area contributed by atoms with E-state index in [1.165, 1.54) is 6.07 Å². The van der Waals surface area contributed by atoms with Crippen LogP contribution in [0, 0.1) is 11.3 Å². The van der Waals surface area contributed by atoms with Gasteiger partial charge < -0.3 is 0 Å². The zero-order valence-electron chi connectivity index (χ0n) is 7.29. The molecule has 0 aliphatic carbocycles. The Kier molecular flexibility index (Phi) is 3.68. The molecule has 86 valence electrons. The highest BCUT2D eigenvalue weighted by Crippen LogP contribution is 2.29. The Morgan fingerprint density at radius 3 is 2.44 bits per heavy atom. The van der Waals surface area contributed by atoms with Gasteiger partial charge >= 0.3 is 0 Å². The van der Waals surface area contributed by atoms with E-state index in [4.69, 9.17) is 27.5 Å². The molecule has 0 bridgehead atoms. The summed E-state index contributed by atoms with van der Waals surface area (Å²) in [6.07, 6.45) is -3.05. The fraction of sp³-hybridized carbons (Fsp3) is 0.143. The molecule has 1 heterocycles.